The van der Waals surface area contributed by atoms with Crippen molar-refractivity contribution in [3.05, 3.63) is 70.9 Å². The molecule has 3 N–H and O–H groups in total. The Hall–Kier alpha value is -2.47. The first-order valence-electron chi connectivity index (χ1n) is 10.1. The number of nitrogens with zero attached hydrogens (tertiary/aromatic N) is 1. The fraction of sp³-hybridized carbons (Fsp3) is 0.375. The Balaban J connectivity index is 1.69. The molecule has 29 heavy (non-hydrogen) atoms. The van der Waals surface area contributed by atoms with E-state index in [9.17, 15) is 10.2 Å². The minimum absolute atomic E-state index is 0.0984. The van der Waals surface area contributed by atoms with E-state index in [4.69, 9.17) is 4.74 Å². The van der Waals surface area contributed by atoms with E-state index in [1.54, 1.807) is 0 Å². The summed E-state index contributed by atoms with van der Waals surface area (Å²) < 4.78 is 6.18. The SMILES string of the molecule is Cc1cc(CO)nc2cc3c(cc12)OC(C)(C)[C@H](O)[C@@H]3NCCc1ccccc1. The first kappa shape index (κ1) is 19.8. The summed E-state index contributed by atoms with van der Waals surface area (Å²) in [7, 11) is 0. The zero-order chi connectivity index (χ0) is 20.6. The van der Waals surface area contributed by atoms with Gasteiger partial charge in [0.1, 0.15) is 17.5 Å². The van der Waals surface area contributed by atoms with Crippen LogP contribution in [-0.4, -0.2) is 33.4 Å². The predicted octanol–water partition coefficient (Wildman–Crippen LogP) is 3.44. The van der Waals surface area contributed by atoms with E-state index in [1.807, 2.05) is 57.2 Å². The molecular formula is C24H28N2O3. The normalized spacial score (nSPS) is 20.3. The summed E-state index contributed by atoms with van der Waals surface area (Å²) in [5.41, 5.74) is 3.93. The number of pyridine rings is 1. The first-order chi connectivity index (χ1) is 13.9. The second kappa shape index (κ2) is 7.75. The van der Waals surface area contributed by atoms with Crippen LogP contribution in [0, 0.1) is 6.92 Å². The summed E-state index contributed by atoms with van der Waals surface area (Å²) in [6, 6.07) is 15.9. The Morgan fingerprint density at radius 1 is 1.14 bits per heavy atom. The number of nitrogens with one attached hydrogen (secondary N) is 1. The number of benzene rings is 2. The topological polar surface area (TPSA) is 74.6 Å². The third-order valence-electron chi connectivity index (χ3n) is 5.72. The molecule has 1 aliphatic heterocycles. The Bertz CT molecular complexity index is 1020. The van der Waals surface area contributed by atoms with Crippen molar-refractivity contribution in [1.29, 1.82) is 0 Å². The quantitative estimate of drug-likeness (QED) is 0.620. The molecule has 4 rings (SSSR count). The van der Waals surface area contributed by atoms with Gasteiger partial charge >= 0.3 is 0 Å². The van der Waals surface area contributed by atoms with Crippen LogP contribution in [0.2, 0.25) is 0 Å². The van der Waals surface area contributed by atoms with Crippen molar-refractivity contribution in [2.75, 3.05) is 6.54 Å². The highest BCUT2D eigenvalue weighted by Gasteiger charge is 2.42. The molecule has 2 atom stereocenters. The Labute approximate surface area is 171 Å². The molecule has 0 aliphatic carbocycles. The van der Waals surface area contributed by atoms with Crippen LogP contribution >= 0.6 is 0 Å². The lowest BCUT2D eigenvalue weighted by Gasteiger charge is -2.42. The Morgan fingerprint density at radius 2 is 1.90 bits per heavy atom. The molecule has 0 bridgehead atoms. The van der Waals surface area contributed by atoms with E-state index in [2.05, 4.69) is 22.4 Å². The summed E-state index contributed by atoms with van der Waals surface area (Å²) >= 11 is 0. The lowest BCUT2D eigenvalue weighted by Crippen LogP contribution is -2.52. The number of aromatic nitrogens is 1. The Kier molecular flexibility index (Phi) is 5.30. The van der Waals surface area contributed by atoms with Crippen LogP contribution in [0.25, 0.3) is 10.9 Å². The van der Waals surface area contributed by atoms with Gasteiger partial charge in [0.05, 0.1) is 23.9 Å². The van der Waals surface area contributed by atoms with E-state index < -0.39 is 11.7 Å². The van der Waals surface area contributed by atoms with E-state index in [0.717, 1.165) is 40.7 Å². The summed E-state index contributed by atoms with van der Waals surface area (Å²) in [6.45, 7) is 6.47. The number of aliphatic hydroxyl groups excluding tert-OH is 2. The molecule has 2 aromatic carbocycles. The molecule has 152 valence electrons. The van der Waals surface area contributed by atoms with Crippen molar-refractivity contribution in [2.45, 2.75) is 51.5 Å². The molecule has 5 heteroatoms. The van der Waals surface area contributed by atoms with Gasteiger partial charge in [-0.25, -0.2) is 0 Å². The van der Waals surface area contributed by atoms with Gasteiger partial charge in [-0.1, -0.05) is 30.3 Å². The lowest BCUT2D eigenvalue weighted by molar-refractivity contribution is -0.0642. The molecule has 0 saturated heterocycles. The number of rotatable bonds is 5. The van der Waals surface area contributed by atoms with E-state index in [1.165, 1.54) is 5.56 Å². The van der Waals surface area contributed by atoms with Gasteiger partial charge in [-0.3, -0.25) is 4.98 Å². The third-order valence-corrected chi connectivity index (χ3v) is 5.72. The Morgan fingerprint density at radius 3 is 2.62 bits per heavy atom. The monoisotopic (exact) mass is 392 g/mol. The highest BCUT2D eigenvalue weighted by atomic mass is 16.5. The number of ether oxygens (including phenoxy) is 1. The largest absolute Gasteiger partial charge is 0.485 e. The van der Waals surface area contributed by atoms with E-state index in [0.29, 0.717) is 5.69 Å². The van der Waals surface area contributed by atoms with Crippen molar-refractivity contribution < 1.29 is 14.9 Å². The average molecular weight is 392 g/mol. The maximum atomic E-state index is 11.0. The lowest BCUT2D eigenvalue weighted by atomic mass is 9.85. The molecule has 5 nitrogen and oxygen atoms in total. The van der Waals surface area contributed by atoms with Crippen molar-refractivity contribution in [1.82, 2.24) is 10.3 Å². The molecule has 1 aliphatic rings. The van der Waals surface area contributed by atoms with E-state index >= 15 is 0 Å². The second-order valence-corrected chi connectivity index (χ2v) is 8.31. The third kappa shape index (κ3) is 3.86. The maximum absolute atomic E-state index is 11.0. The molecule has 0 saturated carbocycles. The summed E-state index contributed by atoms with van der Waals surface area (Å²) in [5, 5.41) is 25.1. The van der Waals surface area contributed by atoms with Crippen LogP contribution in [0.1, 0.15) is 42.3 Å². The minimum Gasteiger partial charge on any atom is -0.485 e. The van der Waals surface area contributed by atoms with Gasteiger partial charge in [-0.15, -0.1) is 0 Å². The van der Waals surface area contributed by atoms with Gasteiger partial charge in [0.25, 0.3) is 0 Å². The number of hydrogen-bond acceptors (Lipinski definition) is 5. The molecule has 0 unspecified atom stereocenters. The molecule has 0 fully saturated rings. The zero-order valence-corrected chi connectivity index (χ0v) is 17.1. The molecule has 2 heterocycles. The molecule has 0 spiro atoms. The molecule has 0 amide bonds. The molecule has 1 aromatic heterocycles. The average Bonchev–Trinajstić information content (AvgIpc) is 2.70. The standard InChI is InChI=1S/C24H28N2O3/c1-15-11-17(14-27)26-20-12-19-21(13-18(15)20)29-24(2,3)23(28)22(19)25-10-9-16-7-5-4-6-8-16/h4-8,11-13,22-23,25,27-28H,9-10,14H2,1-3H3/t22-,23-/m1/s1. The molecular weight excluding hydrogens is 364 g/mol. The molecule has 0 radical (unpaired) electrons. The zero-order valence-electron chi connectivity index (χ0n) is 17.1. The number of fused-ring (bicyclic) bond motifs is 2. The summed E-state index contributed by atoms with van der Waals surface area (Å²) in [6.07, 6.45) is 0.172. The van der Waals surface area contributed by atoms with Crippen molar-refractivity contribution in [2.24, 2.45) is 0 Å². The highest BCUT2D eigenvalue weighted by Crippen LogP contribution is 2.42. The van der Waals surface area contributed by atoms with Gasteiger partial charge in [0, 0.05) is 10.9 Å². The first-order valence-corrected chi connectivity index (χ1v) is 10.1. The van der Waals surface area contributed by atoms with Gasteiger partial charge < -0.3 is 20.3 Å². The fourth-order valence-electron chi connectivity index (χ4n) is 4.07. The minimum atomic E-state index is -0.711. The van der Waals surface area contributed by atoms with Crippen LogP contribution in [0.3, 0.4) is 0 Å². The number of aliphatic hydroxyl groups is 2. The van der Waals surface area contributed by atoms with Crippen molar-refractivity contribution >= 4 is 10.9 Å². The van der Waals surface area contributed by atoms with Crippen LogP contribution in [-0.2, 0) is 13.0 Å². The summed E-state index contributed by atoms with van der Waals surface area (Å²) in [4.78, 5) is 4.57. The van der Waals surface area contributed by atoms with Gasteiger partial charge in [0.15, 0.2) is 0 Å². The maximum Gasteiger partial charge on any atom is 0.131 e. The second-order valence-electron chi connectivity index (χ2n) is 8.31. The number of hydrogen-bond donors (Lipinski definition) is 3. The van der Waals surface area contributed by atoms with Crippen LogP contribution in [0.15, 0.2) is 48.5 Å². The van der Waals surface area contributed by atoms with Crippen LogP contribution in [0.4, 0.5) is 0 Å². The van der Waals surface area contributed by atoms with Crippen LogP contribution in [0.5, 0.6) is 5.75 Å². The number of aryl methyl sites for hydroxylation is 1. The van der Waals surface area contributed by atoms with Gasteiger partial charge in [0.2, 0.25) is 0 Å². The van der Waals surface area contributed by atoms with Gasteiger partial charge in [-0.2, -0.15) is 0 Å². The summed E-state index contributed by atoms with van der Waals surface area (Å²) in [5.74, 6) is 0.770. The smallest absolute Gasteiger partial charge is 0.131 e. The predicted molar refractivity (Wildman–Crippen MR) is 114 cm³/mol. The van der Waals surface area contributed by atoms with Crippen molar-refractivity contribution in [3.63, 3.8) is 0 Å². The van der Waals surface area contributed by atoms with E-state index in [-0.39, 0.29) is 12.6 Å². The highest BCUT2D eigenvalue weighted by molar-refractivity contribution is 5.85. The van der Waals surface area contributed by atoms with Crippen molar-refractivity contribution in [3.8, 4) is 5.75 Å². The van der Waals surface area contributed by atoms with Crippen LogP contribution < -0.4 is 10.1 Å². The van der Waals surface area contributed by atoms with Gasteiger partial charge in [-0.05, 0) is 63.1 Å². The fourth-order valence-corrected chi connectivity index (χ4v) is 4.07. The molecule has 3 aromatic rings.